The first-order valence-corrected chi connectivity index (χ1v) is 7.63. The molecule has 1 heterocycles. The quantitative estimate of drug-likeness (QED) is 0.770. The summed E-state index contributed by atoms with van der Waals surface area (Å²) in [6, 6.07) is 8.35. The molecule has 20 heavy (non-hydrogen) atoms. The Bertz CT molecular complexity index is 639. The van der Waals surface area contributed by atoms with Crippen LogP contribution in [0.5, 0.6) is 0 Å². The van der Waals surface area contributed by atoms with Crippen LogP contribution >= 0.6 is 11.6 Å². The number of nitrogens with zero attached hydrogens (tertiary/aromatic N) is 3. The Balaban J connectivity index is 2.67. The summed E-state index contributed by atoms with van der Waals surface area (Å²) in [5.41, 5.74) is 2.47. The molecule has 0 radical (unpaired) electrons. The summed E-state index contributed by atoms with van der Waals surface area (Å²) in [7, 11) is 0. The third-order valence-electron chi connectivity index (χ3n) is 4.11. The number of nitriles is 1. The molecule has 2 atom stereocenters. The van der Waals surface area contributed by atoms with Crippen molar-refractivity contribution in [2.24, 2.45) is 5.92 Å². The van der Waals surface area contributed by atoms with Gasteiger partial charge in [-0.25, -0.2) is 4.98 Å². The van der Waals surface area contributed by atoms with Gasteiger partial charge in [0.25, 0.3) is 0 Å². The van der Waals surface area contributed by atoms with Crippen LogP contribution in [-0.2, 0) is 6.42 Å². The minimum absolute atomic E-state index is 0.345. The van der Waals surface area contributed by atoms with E-state index in [9.17, 15) is 5.26 Å². The Morgan fingerprint density at radius 1 is 1.40 bits per heavy atom. The summed E-state index contributed by atoms with van der Waals surface area (Å²) in [6.07, 6.45) is 1.83. The van der Waals surface area contributed by atoms with Crippen LogP contribution in [0.2, 0.25) is 0 Å². The van der Waals surface area contributed by atoms with Crippen molar-refractivity contribution >= 4 is 22.6 Å². The van der Waals surface area contributed by atoms with Crippen LogP contribution in [0.25, 0.3) is 11.0 Å². The molecule has 0 bridgehead atoms. The van der Waals surface area contributed by atoms with Gasteiger partial charge in [0.2, 0.25) is 0 Å². The van der Waals surface area contributed by atoms with Crippen molar-refractivity contribution in [3.8, 4) is 6.07 Å². The van der Waals surface area contributed by atoms with Gasteiger partial charge in [0, 0.05) is 18.3 Å². The second-order valence-corrected chi connectivity index (χ2v) is 5.63. The van der Waals surface area contributed by atoms with E-state index in [-0.39, 0.29) is 0 Å². The first kappa shape index (κ1) is 14.9. The highest BCUT2D eigenvalue weighted by molar-refractivity contribution is 6.17. The molecule has 0 saturated heterocycles. The van der Waals surface area contributed by atoms with Crippen LogP contribution in [-0.4, -0.2) is 15.4 Å². The zero-order valence-electron chi connectivity index (χ0n) is 12.2. The molecule has 2 unspecified atom stereocenters. The second kappa shape index (κ2) is 6.28. The van der Waals surface area contributed by atoms with Crippen molar-refractivity contribution < 1.29 is 0 Å². The lowest BCUT2D eigenvalue weighted by molar-refractivity contribution is 0.369. The van der Waals surface area contributed by atoms with Gasteiger partial charge in [-0.3, -0.25) is 0 Å². The summed E-state index contributed by atoms with van der Waals surface area (Å²) in [6.45, 7) is 6.66. The number of hydrogen-bond acceptors (Lipinski definition) is 2. The number of rotatable bonds is 5. The minimum Gasteiger partial charge on any atom is -0.325 e. The molecule has 106 valence electrons. The van der Waals surface area contributed by atoms with Gasteiger partial charge in [0.05, 0.1) is 11.1 Å². The van der Waals surface area contributed by atoms with Crippen LogP contribution in [0.1, 0.15) is 44.6 Å². The fraction of sp³-hybridized carbons (Fsp3) is 0.500. The molecule has 2 rings (SSSR count). The maximum absolute atomic E-state index is 9.23. The van der Waals surface area contributed by atoms with Crippen LogP contribution in [0.3, 0.4) is 0 Å². The molecule has 0 aliphatic heterocycles. The summed E-state index contributed by atoms with van der Waals surface area (Å²) < 4.78 is 2.26. The normalized spacial score (nSPS) is 14.2. The average Bonchev–Trinajstić information content (AvgIpc) is 2.83. The fourth-order valence-corrected chi connectivity index (χ4v) is 2.74. The lowest BCUT2D eigenvalue weighted by Crippen LogP contribution is -2.16. The summed E-state index contributed by atoms with van der Waals surface area (Å²) in [5, 5.41) is 9.23. The SMILES string of the molecule is CCC(C)C(C)n1c(CCCl)nc2c(C#N)cccc21. The van der Waals surface area contributed by atoms with Gasteiger partial charge in [0.1, 0.15) is 17.4 Å². The molecule has 0 amide bonds. The zero-order chi connectivity index (χ0) is 14.7. The molecule has 0 saturated carbocycles. The molecule has 0 aliphatic carbocycles. The van der Waals surface area contributed by atoms with Crippen LogP contribution in [0.4, 0.5) is 0 Å². The highest BCUT2D eigenvalue weighted by atomic mass is 35.5. The van der Waals surface area contributed by atoms with Gasteiger partial charge in [-0.1, -0.05) is 26.3 Å². The molecule has 0 spiro atoms. The topological polar surface area (TPSA) is 41.6 Å². The zero-order valence-corrected chi connectivity index (χ0v) is 13.0. The third-order valence-corrected chi connectivity index (χ3v) is 4.30. The highest BCUT2D eigenvalue weighted by Gasteiger charge is 2.20. The molecule has 1 aromatic carbocycles. The van der Waals surface area contributed by atoms with Gasteiger partial charge >= 0.3 is 0 Å². The van der Waals surface area contributed by atoms with Gasteiger partial charge < -0.3 is 4.57 Å². The number of para-hydroxylation sites is 1. The number of halogens is 1. The molecule has 4 heteroatoms. The monoisotopic (exact) mass is 289 g/mol. The molecular weight excluding hydrogens is 270 g/mol. The Labute approximate surface area is 125 Å². The van der Waals surface area contributed by atoms with E-state index >= 15 is 0 Å². The number of imidazole rings is 1. The molecule has 0 fully saturated rings. The summed E-state index contributed by atoms with van der Waals surface area (Å²) in [4.78, 5) is 4.67. The van der Waals surface area contributed by atoms with Crippen molar-refractivity contribution in [2.75, 3.05) is 5.88 Å². The first-order chi connectivity index (χ1) is 9.63. The first-order valence-electron chi connectivity index (χ1n) is 7.09. The van der Waals surface area contributed by atoms with E-state index in [1.165, 1.54) is 0 Å². The maximum Gasteiger partial charge on any atom is 0.111 e. The molecular formula is C16H20ClN3. The summed E-state index contributed by atoms with van der Waals surface area (Å²) in [5.74, 6) is 2.07. The highest BCUT2D eigenvalue weighted by Crippen LogP contribution is 2.29. The Morgan fingerprint density at radius 2 is 2.15 bits per heavy atom. The van der Waals surface area contributed by atoms with Crippen LogP contribution < -0.4 is 0 Å². The number of alkyl halides is 1. The fourth-order valence-electron chi connectivity index (χ4n) is 2.57. The minimum atomic E-state index is 0.345. The van der Waals surface area contributed by atoms with Gasteiger partial charge in [-0.05, 0) is 25.0 Å². The largest absolute Gasteiger partial charge is 0.325 e. The van der Waals surface area contributed by atoms with E-state index in [0.29, 0.717) is 23.4 Å². The molecule has 3 nitrogen and oxygen atoms in total. The smallest absolute Gasteiger partial charge is 0.111 e. The third kappa shape index (κ3) is 2.53. The number of hydrogen-bond donors (Lipinski definition) is 0. The number of aromatic nitrogens is 2. The summed E-state index contributed by atoms with van der Waals surface area (Å²) >= 11 is 5.91. The lowest BCUT2D eigenvalue weighted by Gasteiger charge is -2.23. The number of aryl methyl sites for hydroxylation is 1. The number of benzene rings is 1. The average molecular weight is 290 g/mol. The van der Waals surface area contributed by atoms with E-state index in [2.05, 4.69) is 36.4 Å². The van der Waals surface area contributed by atoms with E-state index in [0.717, 1.165) is 29.7 Å². The van der Waals surface area contributed by atoms with Crippen molar-refractivity contribution in [1.82, 2.24) is 9.55 Å². The second-order valence-electron chi connectivity index (χ2n) is 5.25. The molecule has 1 aromatic heterocycles. The van der Waals surface area contributed by atoms with Gasteiger partial charge in [0.15, 0.2) is 0 Å². The van der Waals surface area contributed by atoms with Crippen LogP contribution in [0, 0.1) is 17.2 Å². The van der Waals surface area contributed by atoms with E-state index in [1.54, 1.807) is 0 Å². The van der Waals surface area contributed by atoms with Gasteiger partial charge in [-0.2, -0.15) is 5.26 Å². The Morgan fingerprint density at radius 3 is 2.75 bits per heavy atom. The maximum atomic E-state index is 9.23. The van der Waals surface area contributed by atoms with Crippen molar-refractivity contribution in [2.45, 2.75) is 39.7 Å². The number of fused-ring (bicyclic) bond motifs is 1. The van der Waals surface area contributed by atoms with Crippen molar-refractivity contribution in [1.29, 1.82) is 5.26 Å². The molecule has 0 N–H and O–H groups in total. The van der Waals surface area contributed by atoms with E-state index in [4.69, 9.17) is 11.6 Å². The lowest BCUT2D eigenvalue weighted by atomic mass is 10.00. The Hall–Kier alpha value is -1.53. The van der Waals surface area contributed by atoms with Crippen LogP contribution in [0.15, 0.2) is 18.2 Å². The predicted molar refractivity (Wildman–Crippen MR) is 83.0 cm³/mol. The van der Waals surface area contributed by atoms with E-state index in [1.807, 2.05) is 18.2 Å². The van der Waals surface area contributed by atoms with Crippen molar-refractivity contribution in [3.63, 3.8) is 0 Å². The van der Waals surface area contributed by atoms with Gasteiger partial charge in [-0.15, -0.1) is 11.6 Å². The molecule has 2 aromatic rings. The van der Waals surface area contributed by atoms with E-state index < -0.39 is 0 Å². The molecule has 0 aliphatic rings. The Kier molecular flexibility index (Phi) is 4.67. The standard InChI is InChI=1S/C16H20ClN3/c1-4-11(2)12(3)20-14-7-5-6-13(10-18)16(14)19-15(20)8-9-17/h5-7,11-12H,4,8-9H2,1-3H3. The van der Waals surface area contributed by atoms with Crippen molar-refractivity contribution in [3.05, 3.63) is 29.6 Å². The predicted octanol–water partition coefficient (Wildman–Crippen LogP) is 4.30.